The highest BCUT2D eigenvalue weighted by Gasteiger charge is 2.39. The van der Waals surface area contributed by atoms with Gasteiger partial charge in [0.15, 0.2) is 0 Å². The Morgan fingerprint density at radius 3 is 2.52 bits per heavy atom. The molecule has 2 unspecified atom stereocenters. The van der Waals surface area contributed by atoms with Gasteiger partial charge >= 0.3 is 0 Å². The van der Waals surface area contributed by atoms with Crippen LogP contribution in [0.2, 0.25) is 0 Å². The fourth-order valence-electron chi connectivity index (χ4n) is 4.98. The molecule has 3 amide bonds. The summed E-state index contributed by atoms with van der Waals surface area (Å²) in [6, 6.07) is 13.0. The SMILES string of the molecule is CC(N)c1cccc(OCCCCCOCCCOCCNc2ccc3c(c2)CN(C2CCC(=O)NC2=O)C3=O)c1.Cl. The molecule has 0 spiro atoms. The van der Waals surface area contributed by atoms with Gasteiger partial charge in [0, 0.05) is 56.6 Å². The van der Waals surface area contributed by atoms with Crippen LogP contribution in [0.1, 0.15) is 73.0 Å². The maximum atomic E-state index is 12.8. The number of nitrogens with two attached hydrogens (primary N) is 1. The third kappa shape index (κ3) is 9.69. The van der Waals surface area contributed by atoms with Crippen molar-refractivity contribution in [2.75, 3.05) is 44.9 Å². The van der Waals surface area contributed by atoms with Crippen LogP contribution in [0.5, 0.6) is 5.75 Å². The average Bonchev–Trinajstić information content (AvgIpc) is 3.28. The number of nitrogens with one attached hydrogen (secondary N) is 2. The third-order valence-corrected chi connectivity index (χ3v) is 7.26. The van der Waals surface area contributed by atoms with E-state index in [1.807, 2.05) is 43.3 Å². The summed E-state index contributed by atoms with van der Waals surface area (Å²) in [4.78, 5) is 38.0. The van der Waals surface area contributed by atoms with Crippen LogP contribution in [0.3, 0.4) is 0 Å². The van der Waals surface area contributed by atoms with Crippen LogP contribution in [-0.2, 0) is 25.6 Å². The van der Waals surface area contributed by atoms with E-state index in [1.54, 1.807) is 11.0 Å². The van der Waals surface area contributed by atoms with Crippen LogP contribution in [0, 0.1) is 0 Å². The Morgan fingerprint density at radius 1 is 0.976 bits per heavy atom. The van der Waals surface area contributed by atoms with Gasteiger partial charge in [-0.15, -0.1) is 12.4 Å². The zero-order chi connectivity index (χ0) is 29.0. The summed E-state index contributed by atoms with van der Waals surface area (Å²) in [5.74, 6) is 0.0176. The highest BCUT2D eigenvalue weighted by Crippen LogP contribution is 2.29. The zero-order valence-electron chi connectivity index (χ0n) is 24.3. The molecule has 0 bridgehead atoms. The van der Waals surface area contributed by atoms with E-state index in [9.17, 15) is 14.4 Å². The standard InChI is InChI=1S/C31H42N4O6.ClH/c1-22(32)23-7-5-8-26(20-23)41-17-4-2-3-14-39-15-6-16-40-18-13-33-25-9-10-27-24(19-25)21-35(31(27)38)28-11-12-29(36)34-30(28)37;/h5,7-10,19-20,22,28,33H,2-4,6,11-18,21,32H2,1H3,(H,34,36,37);1H. The molecule has 0 aromatic heterocycles. The number of unbranched alkanes of at least 4 members (excludes halogenated alkanes) is 2. The van der Waals surface area contributed by atoms with E-state index in [0.717, 1.165) is 54.9 Å². The molecule has 0 aliphatic carbocycles. The smallest absolute Gasteiger partial charge is 0.255 e. The number of halogens is 1. The van der Waals surface area contributed by atoms with E-state index < -0.39 is 11.9 Å². The van der Waals surface area contributed by atoms with Gasteiger partial charge in [-0.05, 0) is 80.5 Å². The summed E-state index contributed by atoms with van der Waals surface area (Å²) < 4.78 is 17.2. The first-order valence-electron chi connectivity index (χ1n) is 14.6. The minimum atomic E-state index is -0.601. The fraction of sp³-hybridized carbons (Fsp3) is 0.516. The van der Waals surface area contributed by atoms with Crippen LogP contribution in [0.15, 0.2) is 42.5 Å². The fourth-order valence-corrected chi connectivity index (χ4v) is 4.98. The highest BCUT2D eigenvalue weighted by molar-refractivity contribution is 6.05. The lowest BCUT2D eigenvalue weighted by Gasteiger charge is -2.29. The number of hydrogen-bond acceptors (Lipinski definition) is 8. The predicted octanol–water partition coefficient (Wildman–Crippen LogP) is 3.97. The van der Waals surface area contributed by atoms with Gasteiger partial charge in [0.25, 0.3) is 5.91 Å². The van der Waals surface area contributed by atoms with E-state index in [1.165, 1.54) is 0 Å². The molecule has 0 saturated carbocycles. The van der Waals surface area contributed by atoms with Crippen molar-refractivity contribution in [2.45, 2.75) is 64.1 Å². The number of nitrogens with zero attached hydrogens (tertiary/aromatic N) is 1. The largest absolute Gasteiger partial charge is 0.494 e. The molecular formula is C31H43ClN4O6. The molecule has 2 aliphatic heterocycles. The Kier molecular flexibility index (Phi) is 13.5. The lowest BCUT2D eigenvalue weighted by Crippen LogP contribution is -2.52. The first-order chi connectivity index (χ1) is 19.9. The molecule has 0 radical (unpaired) electrons. The molecule has 4 N–H and O–H groups in total. The van der Waals surface area contributed by atoms with Crippen molar-refractivity contribution in [1.82, 2.24) is 10.2 Å². The number of benzene rings is 2. The van der Waals surface area contributed by atoms with Crippen molar-refractivity contribution in [2.24, 2.45) is 5.73 Å². The second kappa shape index (κ2) is 17.1. The molecule has 1 fully saturated rings. The van der Waals surface area contributed by atoms with Crippen LogP contribution < -0.4 is 21.1 Å². The maximum Gasteiger partial charge on any atom is 0.255 e. The van der Waals surface area contributed by atoms with E-state index >= 15 is 0 Å². The highest BCUT2D eigenvalue weighted by atomic mass is 35.5. The third-order valence-electron chi connectivity index (χ3n) is 7.26. The molecular weight excluding hydrogens is 560 g/mol. The Morgan fingerprint density at radius 2 is 1.74 bits per heavy atom. The topological polar surface area (TPSA) is 132 Å². The molecule has 2 aromatic carbocycles. The summed E-state index contributed by atoms with van der Waals surface area (Å²) in [5, 5.41) is 5.65. The molecule has 2 aliphatic rings. The van der Waals surface area contributed by atoms with Crippen LogP contribution >= 0.6 is 12.4 Å². The second-order valence-corrected chi connectivity index (χ2v) is 10.5. The van der Waals surface area contributed by atoms with Gasteiger partial charge in [-0.1, -0.05) is 12.1 Å². The number of anilines is 1. The normalized spacial score (nSPS) is 17.0. The monoisotopic (exact) mass is 602 g/mol. The molecule has 11 heteroatoms. The van der Waals surface area contributed by atoms with Crippen molar-refractivity contribution in [3.8, 4) is 5.75 Å². The van der Waals surface area contributed by atoms with Gasteiger partial charge in [0.2, 0.25) is 11.8 Å². The number of carbonyl (C=O) groups excluding carboxylic acids is 3. The molecule has 42 heavy (non-hydrogen) atoms. The minimum absolute atomic E-state index is 0. The van der Waals surface area contributed by atoms with Crippen molar-refractivity contribution in [3.05, 3.63) is 59.2 Å². The summed E-state index contributed by atoms with van der Waals surface area (Å²) in [7, 11) is 0. The first-order valence-corrected chi connectivity index (χ1v) is 14.6. The Balaban J connectivity index is 0.00000484. The zero-order valence-corrected chi connectivity index (χ0v) is 25.1. The number of hydrogen-bond donors (Lipinski definition) is 3. The van der Waals surface area contributed by atoms with Crippen molar-refractivity contribution in [3.63, 3.8) is 0 Å². The van der Waals surface area contributed by atoms with Gasteiger partial charge in [-0.25, -0.2) is 0 Å². The van der Waals surface area contributed by atoms with Gasteiger partial charge in [-0.2, -0.15) is 0 Å². The quantitative estimate of drug-likeness (QED) is 0.183. The maximum absolute atomic E-state index is 12.8. The molecule has 1 saturated heterocycles. The summed E-state index contributed by atoms with van der Waals surface area (Å²) in [6.07, 6.45) is 4.50. The number of ether oxygens (including phenoxy) is 3. The average molecular weight is 603 g/mol. The van der Waals surface area contributed by atoms with Crippen molar-refractivity contribution >= 4 is 35.8 Å². The summed E-state index contributed by atoms with van der Waals surface area (Å²) in [5.41, 5.74) is 9.38. The van der Waals surface area contributed by atoms with E-state index in [4.69, 9.17) is 19.9 Å². The molecule has 230 valence electrons. The van der Waals surface area contributed by atoms with Gasteiger partial charge < -0.3 is 30.2 Å². The Labute approximate surface area is 254 Å². The van der Waals surface area contributed by atoms with Crippen LogP contribution in [0.4, 0.5) is 5.69 Å². The first kappa shape index (κ1) is 33.3. The Bertz CT molecular complexity index is 1190. The summed E-state index contributed by atoms with van der Waals surface area (Å²) in [6.45, 7) is 6.27. The molecule has 2 heterocycles. The lowest BCUT2D eigenvalue weighted by atomic mass is 10.0. The number of carbonyl (C=O) groups is 3. The number of amides is 3. The predicted molar refractivity (Wildman–Crippen MR) is 163 cm³/mol. The van der Waals surface area contributed by atoms with Gasteiger partial charge in [0.1, 0.15) is 11.8 Å². The molecule has 4 rings (SSSR count). The van der Waals surface area contributed by atoms with Crippen LogP contribution in [-0.4, -0.2) is 68.2 Å². The number of fused-ring (bicyclic) bond motifs is 1. The van der Waals surface area contributed by atoms with Gasteiger partial charge in [-0.3, -0.25) is 19.7 Å². The lowest BCUT2D eigenvalue weighted by molar-refractivity contribution is -0.136. The van der Waals surface area contributed by atoms with Crippen molar-refractivity contribution in [1.29, 1.82) is 0 Å². The van der Waals surface area contributed by atoms with Crippen LogP contribution in [0.25, 0.3) is 0 Å². The number of rotatable bonds is 17. The van der Waals surface area contributed by atoms with Crippen molar-refractivity contribution < 1.29 is 28.6 Å². The van der Waals surface area contributed by atoms with E-state index in [2.05, 4.69) is 10.6 Å². The number of imide groups is 1. The Hall–Kier alpha value is -3.18. The molecule has 2 atom stereocenters. The van der Waals surface area contributed by atoms with Gasteiger partial charge in [0.05, 0.1) is 13.2 Å². The molecule has 2 aromatic rings. The van der Waals surface area contributed by atoms with E-state index in [-0.39, 0.29) is 36.7 Å². The second-order valence-electron chi connectivity index (χ2n) is 10.5. The summed E-state index contributed by atoms with van der Waals surface area (Å²) >= 11 is 0. The number of piperidine rings is 1. The minimum Gasteiger partial charge on any atom is -0.494 e. The van der Waals surface area contributed by atoms with E-state index in [0.29, 0.717) is 51.5 Å². The molecule has 10 nitrogen and oxygen atoms in total.